The van der Waals surface area contributed by atoms with Crippen molar-refractivity contribution in [3.05, 3.63) is 108 Å². The summed E-state index contributed by atoms with van der Waals surface area (Å²) in [4.78, 5) is 2.77. The van der Waals surface area contributed by atoms with E-state index in [-0.39, 0.29) is 5.54 Å². The fourth-order valence-electron chi connectivity index (χ4n) is 5.06. The number of nitrogens with zero attached hydrogens (tertiary/aromatic N) is 1. The number of benzene rings is 3. The van der Waals surface area contributed by atoms with E-state index in [1.807, 2.05) is 0 Å². The first-order valence-corrected chi connectivity index (χ1v) is 12.4. The lowest BCUT2D eigenvalue weighted by atomic mass is 9.74. The van der Waals surface area contributed by atoms with Gasteiger partial charge in [0.15, 0.2) is 0 Å². The standard InChI is InChI=1S/C27H30IN/c28-20-10-12-23-13-11-21-29(22-23)27(24-14-4-1-5-15-24,25-16-6-2-7-17-25)26-18-8-3-9-19-26/h1-9,14-19,23H,10-13,20-22H2. The summed E-state index contributed by atoms with van der Waals surface area (Å²) in [5, 5.41) is 0. The van der Waals surface area contributed by atoms with E-state index < -0.39 is 0 Å². The number of halogens is 1. The van der Waals surface area contributed by atoms with Crippen molar-refractivity contribution in [3.8, 4) is 0 Å². The molecule has 0 aromatic heterocycles. The number of alkyl halides is 1. The van der Waals surface area contributed by atoms with Gasteiger partial charge in [0.05, 0.1) is 5.54 Å². The summed E-state index contributed by atoms with van der Waals surface area (Å²) in [6.45, 7) is 2.30. The monoisotopic (exact) mass is 495 g/mol. The van der Waals surface area contributed by atoms with E-state index in [1.54, 1.807) is 0 Å². The molecule has 1 atom stereocenters. The normalized spacial score (nSPS) is 17.9. The minimum atomic E-state index is -0.243. The quantitative estimate of drug-likeness (QED) is 0.196. The molecule has 0 spiro atoms. The lowest BCUT2D eigenvalue weighted by Crippen LogP contribution is -2.52. The molecule has 150 valence electrons. The Morgan fingerprint density at radius 2 is 1.24 bits per heavy atom. The van der Waals surface area contributed by atoms with Crippen LogP contribution in [0.15, 0.2) is 91.0 Å². The van der Waals surface area contributed by atoms with Gasteiger partial charge in [-0.25, -0.2) is 0 Å². The molecule has 0 saturated carbocycles. The van der Waals surface area contributed by atoms with Crippen molar-refractivity contribution in [2.24, 2.45) is 5.92 Å². The van der Waals surface area contributed by atoms with E-state index in [0.717, 1.165) is 19.0 Å². The van der Waals surface area contributed by atoms with Gasteiger partial charge in [0, 0.05) is 6.54 Å². The van der Waals surface area contributed by atoms with Gasteiger partial charge in [-0.05, 0) is 59.3 Å². The molecule has 0 bridgehead atoms. The zero-order valence-electron chi connectivity index (χ0n) is 17.0. The van der Waals surface area contributed by atoms with Crippen molar-refractivity contribution in [1.29, 1.82) is 0 Å². The van der Waals surface area contributed by atoms with Crippen LogP contribution in [0.25, 0.3) is 0 Å². The first kappa shape index (κ1) is 20.6. The first-order valence-electron chi connectivity index (χ1n) is 10.8. The van der Waals surface area contributed by atoms with Crippen LogP contribution in [0.4, 0.5) is 0 Å². The van der Waals surface area contributed by atoms with Crippen molar-refractivity contribution in [2.45, 2.75) is 31.2 Å². The van der Waals surface area contributed by atoms with Crippen molar-refractivity contribution in [3.63, 3.8) is 0 Å². The van der Waals surface area contributed by atoms with Crippen LogP contribution >= 0.6 is 22.6 Å². The molecule has 29 heavy (non-hydrogen) atoms. The summed E-state index contributed by atoms with van der Waals surface area (Å²) < 4.78 is 1.26. The molecule has 0 N–H and O–H groups in total. The van der Waals surface area contributed by atoms with Gasteiger partial charge < -0.3 is 0 Å². The number of likely N-dealkylation sites (tertiary alicyclic amines) is 1. The van der Waals surface area contributed by atoms with Gasteiger partial charge >= 0.3 is 0 Å². The highest BCUT2D eigenvalue weighted by Gasteiger charge is 2.43. The average Bonchev–Trinajstić information content (AvgIpc) is 2.81. The first-order chi connectivity index (χ1) is 14.4. The van der Waals surface area contributed by atoms with Crippen molar-refractivity contribution in [1.82, 2.24) is 4.90 Å². The molecule has 1 fully saturated rings. The average molecular weight is 495 g/mol. The SMILES string of the molecule is ICCCC1CCCN(C(c2ccccc2)(c2ccccc2)c2ccccc2)C1. The summed E-state index contributed by atoms with van der Waals surface area (Å²) >= 11 is 2.52. The summed E-state index contributed by atoms with van der Waals surface area (Å²) in [7, 11) is 0. The molecule has 1 heterocycles. The Kier molecular flexibility index (Phi) is 7.04. The Morgan fingerprint density at radius 3 is 1.69 bits per heavy atom. The zero-order valence-corrected chi connectivity index (χ0v) is 19.2. The molecular weight excluding hydrogens is 465 g/mol. The Bertz CT molecular complexity index is 766. The van der Waals surface area contributed by atoms with E-state index in [0.29, 0.717) is 0 Å². The summed E-state index contributed by atoms with van der Waals surface area (Å²) in [6, 6.07) is 33.4. The van der Waals surface area contributed by atoms with E-state index in [1.165, 1.54) is 46.8 Å². The molecule has 2 heteroatoms. The Labute approximate surface area is 189 Å². The highest BCUT2D eigenvalue weighted by atomic mass is 127. The van der Waals surface area contributed by atoms with Crippen LogP contribution < -0.4 is 0 Å². The van der Waals surface area contributed by atoms with Crippen LogP contribution in [0.1, 0.15) is 42.4 Å². The third kappa shape index (κ3) is 4.29. The molecule has 0 aliphatic carbocycles. The van der Waals surface area contributed by atoms with Gasteiger partial charge in [-0.3, -0.25) is 4.90 Å². The van der Waals surface area contributed by atoms with Gasteiger partial charge in [-0.1, -0.05) is 114 Å². The van der Waals surface area contributed by atoms with Crippen LogP contribution in [0.2, 0.25) is 0 Å². The van der Waals surface area contributed by atoms with Crippen LogP contribution in [0, 0.1) is 5.92 Å². The maximum absolute atomic E-state index is 2.77. The Hall–Kier alpha value is -1.65. The minimum absolute atomic E-state index is 0.243. The fraction of sp³-hybridized carbons (Fsp3) is 0.333. The van der Waals surface area contributed by atoms with Gasteiger partial charge in [-0.2, -0.15) is 0 Å². The smallest absolute Gasteiger partial charge is 0.0973 e. The van der Waals surface area contributed by atoms with Crippen LogP contribution in [-0.2, 0) is 5.54 Å². The molecule has 3 aromatic rings. The van der Waals surface area contributed by atoms with Crippen molar-refractivity contribution >= 4 is 22.6 Å². The third-order valence-corrected chi connectivity index (χ3v) is 7.08. The largest absolute Gasteiger partial charge is 0.286 e. The molecule has 1 aliphatic heterocycles. The summed E-state index contributed by atoms with van der Waals surface area (Å²) in [6.07, 6.45) is 5.31. The zero-order chi connectivity index (χ0) is 19.9. The second-order valence-electron chi connectivity index (χ2n) is 8.09. The molecule has 1 aliphatic rings. The van der Waals surface area contributed by atoms with E-state index in [4.69, 9.17) is 0 Å². The van der Waals surface area contributed by atoms with E-state index >= 15 is 0 Å². The molecule has 1 saturated heterocycles. The molecule has 3 aromatic carbocycles. The van der Waals surface area contributed by atoms with Crippen LogP contribution in [0.3, 0.4) is 0 Å². The highest BCUT2D eigenvalue weighted by Crippen LogP contribution is 2.44. The lowest BCUT2D eigenvalue weighted by molar-refractivity contribution is 0.0895. The number of hydrogen-bond donors (Lipinski definition) is 0. The predicted molar refractivity (Wildman–Crippen MR) is 132 cm³/mol. The second-order valence-corrected chi connectivity index (χ2v) is 9.17. The number of piperidine rings is 1. The van der Waals surface area contributed by atoms with Gasteiger partial charge in [-0.15, -0.1) is 0 Å². The van der Waals surface area contributed by atoms with Crippen molar-refractivity contribution in [2.75, 3.05) is 17.5 Å². The molecule has 1 nitrogen and oxygen atoms in total. The van der Waals surface area contributed by atoms with Crippen LogP contribution in [-0.4, -0.2) is 22.4 Å². The molecule has 0 amide bonds. The van der Waals surface area contributed by atoms with Crippen LogP contribution in [0.5, 0.6) is 0 Å². The van der Waals surface area contributed by atoms with Gasteiger partial charge in [0.2, 0.25) is 0 Å². The number of hydrogen-bond acceptors (Lipinski definition) is 1. The molecule has 0 radical (unpaired) electrons. The van der Waals surface area contributed by atoms with E-state index in [9.17, 15) is 0 Å². The van der Waals surface area contributed by atoms with Crippen molar-refractivity contribution < 1.29 is 0 Å². The molecular formula is C27H30IN. The third-order valence-electron chi connectivity index (χ3n) is 6.31. The summed E-state index contributed by atoms with van der Waals surface area (Å²) in [5.74, 6) is 0.786. The maximum atomic E-state index is 2.77. The molecule has 1 unspecified atom stereocenters. The lowest BCUT2D eigenvalue weighted by Gasteiger charge is -2.49. The van der Waals surface area contributed by atoms with E-state index in [2.05, 4.69) is 118 Å². The minimum Gasteiger partial charge on any atom is -0.286 e. The Morgan fingerprint density at radius 1 is 0.759 bits per heavy atom. The fourth-order valence-corrected chi connectivity index (χ4v) is 5.50. The molecule has 4 rings (SSSR count). The topological polar surface area (TPSA) is 3.24 Å². The predicted octanol–water partition coefficient (Wildman–Crippen LogP) is 6.91. The maximum Gasteiger partial charge on any atom is 0.0973 e. The number of rotatable bonds is 7. The Balaban J connectivity index is 1.88. The highest BCUT2D eigenvalue weighted by molar-refractivity contribution is 14.1. The van der Waals surface area contributed by atoms with Gasteiger partial charge in [0.25, 0.3) is 0 Å². The second kappa shape index (κ2) is 9.90. The summed E-state index contributed by atoms with van der Waals surface area (Å²) in [5.41, 5.74) is 3.86. The van der Waals surface area contributed by atoms with Gasteiger partial charge in [0.1, 0.15) is 0 Å².